The van der Waals surface area contributed by atoms with Crippen LogP contribution in [0.25, 0.3) is 0 Å². The first-order chi connectivity index (χ1) is 9.65. The van der Waals surface area contributed by atoms with E-state index in [-0.39, 0.29) is 12.1 Å². The van der Waals surface area contributed by atoms with Gasteiger partial charge in [0.25, 0.3) is 0 Å². The van der Waals surface area contributed by atoms with Crippen LogP contribution in [0.2, 0.25) is 0 Å². The van der Waals surface area contributed by atoms with Crippen LogP contribution in [0.4, 0.5) is 0 Å². The van der Waals surface area contributed by atoms with Crippen LogP contribution in [-0.2, 0) is 6.42 Å². The van der Waals surface area contributed by atoms with Crippen molar-refractivity contribution in [3.05, 3.63) is 65.7 Å². The van der Waals surface area contributed by atoms with Crippen LogP contribution in [0, 0.1) is 0 Å². The quantitative estimate of drug-likeness (QED) is 0.856. The van der Waals surface area contributed by atoms with Crippen molar-refractivity contribution in [1.82, 2.24) is 0 Å². The Bertz CT molecular complexity index is 522. The summed E-state index contributed by atoms with van der Waals surface area (Å²) in [6.07, 6.45) is 2.12. The van der Waals surface area contributed by atoms with Gasteiger partial charge in [-0.05, 0) is 49.9 Å². The number of rotatable bonds is 6. The average molecular weight is 269 g/mol. The van der Waals surface area contributed by atoms with E-state index in [0.29, 0.717) is 0 Å². The third-order valence-corrected chi connectivity index (χ3v) is 3.24. The van der Waals surface area contributed by atoms with Gasteiger partial charge < -0.3 is 10.5 Å². The van der Waals surface area contributed by atoms with E-state index < -0.39 is 0 Å². The minimum atomic E-state index is 0.0471. The minimum Gasteiger partial charge on any atom is -0.491 e. The van der Waals surface area contributed by atoms with E-state index in [1.807, 2.05) is 32.0 Å². The second-order valence-electron chi connectivity index (χ2n) is 5.37. The third-order valence-electron chi connectivity index (χ3n) is 3.24. The van der Waals surface area contributed by atoms with Gasteiger partial charge in [-0.25, -0.2) is 0 Å². The molecule has 1 unspecified atom stereocenters. The van der Waals surface area contributed by atoms with Gasteiger partial charge in [0.15, 0.2) is 0 Å². The monoisotopic (exact) mass is 269 g/mol. The molecule has 0 spiro atoms. The molecule has 0 saturated heterocycles. The summed E-state index contributed by atoms with van der Waals surface area (Å²) in [5.74, 6) is 0.896. The Morgan fingerprint density at radius 2 is 1.75 bits per heavy atom. The fourth-order valence-electron chi connectivity index (χ4n) is 2.22. The number of benzene rings is 2. The number of ether oxygens (including phenoxy) is 1. The summed E-state index contributed by atoms with van der Waals surface area (Å²) in [6.45, 7) is 4.06. The molecule has 0 bridgehead atoms. The minimum absolute atomic E-state index is 0.0471. The molecular weight excluding hydrogens is 246 g/mol. The third kappa shape index (κ3) is 4.39. The zero-order valence-corrected chi connectivity index (χ0v) is 12.3. The summed E-state index contributed by atoms with van der Waals surface area (Å²) in [4.78, 5) is 0. The van der Waals surface area contributed by atoms with Crippen LogP contribution < -0.4 is 10.5 Å². The van der Waals surface area contributed by atoms with Crippen LogP contribution in [0.15, 0.2) is 54.6 Å². The van der Waals surface area contributed by atoms with E-state index in [4.69, 9.17) is 10.5 Å². The molecule has 2 nitrogen and oxygen atoms in total. The lowest BCUT2D eigenvalue weighted by atomic mass is 9.99. The Hall–Kier alpha value is -1.80. The summed E-state index contributed by atoms with van der Waals surface area (Å²) in [6, 6.07) is 18.6. The molecule has 0 radical (unpaired) electrons. The first-order valence-electron chi connectivity index (χ1n) is 7.21. The first-order valence-corrected chi connectivity index (χ1v) is 7.21. The van der Waals surface area contributed by atoms with Gasteiger partial charge >= 0.3 is 0 Å². The number of nitrogens with two attached hydrogens (primary N) is 1. The van der Waals surface area contributed by atoms with Crippen LogP contribution >= 0.6 is 0 Å². The lowest BCUT2D eigenvalue weighted by Gasteiger charge is -2.15. The molecule has 0 aliphatic carbocycles. The maximum Gasteiger partial charge on any atom is 0.120 e. The summed E-state index contributed by atoms with van der Waals surface area (Å²) in [7, 11) is 0. The molecule has 20 heavy (non-hydrogen) atoms. The molecule has 0 fully saturated rings. The van der Waals surface area contributed by atoms with Crippen molar-refractivity contribution < 1.29 is 4.74 Å². The maximum atomic E-state index is 6.29. The fraction of sp³-hybridized carbons (Fsp3) is 0.333. The van der Waals surface area contributed by atoms with E-state index in [1.54, 1.807) is 0 Å². The van der Waals surface area contributed by atoms with Gasteiger partial charge in [0.1, 0.15) is 5.75 Å². The highest BCUT2D eigenvalue weighted by molar-refractivity contribution is 5.30. The standard InChI is InChI=1S/C18H23NO/c1-14(2)20-17-10-6-9-16(13-17)18(19)12-11-15-7-4-3-5-8-15/h3-10,13-14,18H,11-12,19H2,1-2H3. The largest absolute Gasteiger partial charge is 0.491 e. The zero-order chi connectivity index (χ0) is 14.4. The number of hydrogen-bond donors (Lipinski definition) is 1. The SMILES string of the molecule is CC(C)Oc1cccc(C(N)CCc2ccccc2)c1. The van der Waals surface area contributed by atoms with E-state index in [1.165, 1.54) is 5.56 Å². The van der Waals surface area contributed by atoms with Gasteiger partial charge in [0.05, 0.1) is 6.10 Å². The molecular formula is C18H23NO. The number of aryl methyl sites for hydroxylation is 1. The highest BCUT2D eigenvalue weighted by Crippen LogP contribution is 2.22. The molecule has 0 heterocycles. The molecule has 106 valence electrons. The van der Waals surface area contributed by atoms with Crippen LogP contribution in [0.3, 0.4) is 0 Å². The van der Waals surface area contributed by atoms with Crippen LogP contribution in [0.5, 0.6) is 5.75 Å². The smallest absolute Gasteiger partial charge is 0.120 e. The van der Waals surface area contributed by atoms with Gasteiger partial charge in [0, 0.05) is 6.04 Å². The lowest BCUT2D eigenvalue weighted by Crippen LogP contribution is -2.12. The summed E-state index contributed by atoms with van der Waals surface area (Å²) >= 11 is 0. The molecule has 2 aromatic carbocycles. The molecule has 0 aromatic heterocycles. The van der Waals surface area contributed by atoms with Crippen molar-refractivity contribution in [3.8, 4) is 5.75 Å². The molecule has 0 saturated carbocycles. The second-order valence-corrected chi connectivity index (χ2v) is 5.37. The van der Waals surface area contributed by atoms with Crippen molar-refractivity contribution in [3.63, 3.8) is 0 Å². The Kier molecular flexibility index (Phi) is 5.19. The fourth-order valence-corrected chi connectivity index (χ4v) is 2.22. The average Bonchev–Trinajstić information content (AvgIpc) is 2.45. The lowest BCUT2D eigenvalue weighted by molar-refractivity contribution is 0.242. The molecule has 0 aliphatic rings. The maximum absolute atomic E-state index is 6.29. The Morgan fingerprint density at radius 1 is 1.00 bits per heavy atom. The number of hydrogen-bond acceptors (Lipinski definition) is 2. The summed E-state index contributed by atoms with van der Waals surface area (Å²) < 4.78 is 5.71. The van der Waals surface area contributed by atoms with Crippen molar-refractivity contribution in [2.24, 2.45) is 5.73 Å². The molecule has 1 atom stereocenters. The van der Waals surface area contributed by atoms with Crippen LogP contribution in [0.1, 0.15) is 37.4 Å². The van der Waals surface area contributed by atoms with Gasteiger partial charge in [-0.3, -0.25) is 0 Å². The van der Waals surface area contributed by atoms with Crippen molar-refractivity contribution in [1.29, 1.82) is 0 Å². The molecule has 0 aliphatic heterocycles. The van der Waals surface area contributed by atoms with Gasteiger partial charge in [-0.2, -0.15) is 0 Å². The molecule has 0 amide bonds. The van der Waals surface area contributed by atoms with Crippen molar-refractivity contribution in [2.75, 3.05) is 0 Å². The summed E-state index contributed by atoms with van der Waals surface area (Å²) in [5, 5.41) is 0. The van der Waals surface area contributed by atoms with Gasteiger partial charge in [0.2, 0.25) is 0 Å². The normalized spacial score (nSPS) is 12.4. The van der Waals surface area contributed by atoms with Crippen LogP contribution in [-0.4, -0.2) is 6.10 Å². The highest BCUT2D eigenvalue weighted by atomic mass is 16.5. The van der Waals surface area contributed by atoms with Gasteiger partial charge in [-0.1, -0.05) is 42.5 Å². The molecule has 2 N–H and O–H groups in total. The second kappa shape index (κ2) is 7.11. The Balaban J connectivity index is 1.96. The van der Waals surface area contributed by atoms with E-state index in [9.17, 15) is 0 Å². The topological polar surface area (TPSA) is 35.2 Å². The Morgan fingerprint density at radius 3 is 2.45 bits per heavy atom. The predicted molar refractivity (Wildman–Crippen MR) is 83.9 cm³/mol. The highest BCUT2D eigenvalue weighted by Gasteiger charge is 2.08. The van der Waals surface area contributed by atoms with E-state index >= 15 is 0 Å². The summed E-state index contributed by atoms with van der Waals surface area (Å²) in [5.41, 5.74) is 8.76. The van der Waals surface area contributed by atoms with E-state index in [2.05, 4.69) is 36.4 Å². The van der Waals surface area contributed by atoms with Gasteiger partial charge in [-0.15, -0.1) is 0 Å². The molecule has 2 rings (SSSR count). The Labute approximate surface area is 121 Å². The van der Waals surface area contributed by atoms with Crippen molar-refractivity contribution in [2.45, 2.75) is 38.8 Å². The predicted octanol–water partition coefficient (Wildman–Crippen LogP) is 4.11. The zero-order valence-electron chi connectivity index (χ0n) is 12.3. The molecule has 2 aromatic rings. The van der Waals surface area contributed by atoms with E-state index in [0.717, 1.165) is 24.2 Å². The van der Waals surface area contributed by atoms with Crippen molar-refractivity contribution >= 4 is 0 Å². The molecule has 2 heteroatoms. The first kappa shape index (κ1) is 14.6.